The second-order valence-electron chi connectivity index (χ2n) is 5.59. The van der Waals surface area contributed by atoms with Crippen LogP contribution in [0.25, 0.3) is 4.96 Å². The molecule has 2 heterocycles. The number of carbonyl (C=O) groups excluding carboxylic acids is 1. The van der Waals surface area contributed by atoms with Crippen molar-refractivity contribution in [2.75, 3.05) is 0 Å². The lowest BCUT2D eigenvalue weighted by Gasteiger charge is -2.26. The Balaban J connectivity index is 1.60. The second-order valence-corrected chi connectivity index (χ2v) is 6.47. The number of thiazole rings is 1. The van der Waals surface area contributed by atoms with Gasteiger partial charge in [0.05, 0.1) is 12.1 Å². The maximum atomic E-state index is 12.3. The first-order valence-corrected chi connectivity index (χ1v) is 8.08. The Hall–Kier alpha value is -1.16. The average molecular weight is 276 g/mol. The van der Waals surface area contributed by atoms with Crippen molar-refractivity contribution in [3.05, 3.63) is 23.5 Å². The molecule has 0 N–H and O–H groups in total. The van der Waals surface area contributed by atoms with Crippen molar-refractivity contribution in [2.45, 2.75) is 45.4 Å². The molecule has 1 aliphatic rings. The molecule has 1 fully saturated rings. The standard InChI is InChI=1S/C15H20N2OS/c1-2-11-3-5-12(6-4-11)14(18)9-13-10-17-7-8-19-15(17)16-13/h7-8,10-12H,2-6,9H2,1H3. The van der Waals surface area contributed by atoms with E-state index < -0.39 is 0 Å². The number of Topliss-reactive ketones (excluding diaryl/α,β-unsaturated/α-hetero) is 1. The minimum absolute atomic E-state index is 0.280. The normalized spacial score (nSPS) is 23.8. The molecule has 0 unspecified atom stereocenters. The molecule has 0 saturated heterocycles. The lowest BCUT2D eigenvalue weighted by molar-refractivity contribution is -0.123. The Morgan fingerprint density at radius 1 is 1.42 bits per heavy atom. The summed E-state index contributed by atoms with van der Waals surface area (Å²) in [7, 11) is 0. The van der Waals surface area contributed by atoms with E-state index in [0.717, 1.165) is 29.4 Å². The van der Waals surface area contributed by atoms with Crippen molar-refractivity contribution in [3.8, 4) is 0 Å². The third-order valence-electron chi connectivity index (χ3n) is 4.38. The van der Waals surface area contributed by atoms with Crippen LogP contribution >= 0.6 is 11.3 Å². The van der Waals surface area contributed by atoms with Crippen LogP contribution in [-0.4, -0.2) is 15.2 Å². The van der Waals surface area contributed by atoms with Crippen LogP contribution in [0.2, 0.25) is 0 Å². The molecule has 0 atom stereocenters. The zero-order valence-corrected chi connectivity index (χ0v) is 12.2. The number of fused-ring (bicyclic) bond motifs is 1. The fourth-order valence-electron chi connectivity index (χ4n) is 3.08. The van der Waals surface area contributed by atoms with Crippen LogP contribution in [-0.2, 0) is 11.2 Å². The molecule has 0 aromatic carbocycles. The van der Waals surface area contributed by atoms with Gasteiger partial charge in [-0.25, -0.2) is 4.98 Å². The first-order valence-electron chi connectivity index (χ1n) is 7.20. The summed E-state index contributed by atoms with van der Waals surface area (Å²) in [4.78, 5) is 17.8. The summed E-state index contributed by atoms with van der Waals surface area (Å²) in [6, 6.07) is 0. The second kappa shape index (κ2) is 5.45. The SMILES string of the molecule is CCC1CCC(C(=O)Cc2cn3ccsc3n2)CC1. The molecule has 2 aromatic rings. The van der Waals surface area contributed by atoms with Crippen molar-refractivity contribution in [2.24, 2.45) is 11.8 Å². The van der Waals surface area contributed by atoms with Gasteiger partial charge in [-0.2, -0.15) is 0 Å². The summed E-state index contributed by atoms with van der Waals surface area (Å²) in [5.41, 5.74) is 0.925. The van der Waals surface area contributed by atoms with Crippen molar-refractivity contribution in [3.63, 3.8) is 0 Å². The maximum absolute atomic E-state index is 12.3. The molecular formula is C15H20N2OS. The Kier molecular flexibility index (Phi) is 3.69. The third kappa shape index (κ3) is 2.73. The predicted octanol–water partition coefficient (Wildman–Crippen LogP) is 3.72. The van der Waals surface area contributed by atoms with E-state index in [9.17, 15) is 4.79 Å². The van der Waals surface area contributed by atoms with Crippen LogP contribution in [0.15, 0.2) is 17.8 Å². The highest BCUT2D eigenvalue weighted by Crippen LogP contribution is 2.31. The topological polar surface area (TPSA) is 34.4 Å². The first kappa shape index (κ1) is 12.9. The number of rotatable bonds is 4. The van der Waals surface area contributed by atoms with E-state index in [0.29, 0.717) is 12.2 Å². The molecule has 1 saturated carbocycles. The van der Waals surface area contributed by atoms with Gasteiger partial charge in [-0.05, 0) is 31.6 Å². The molecule has 3 rings (SSSR count). The summed E-state index contributed by atoms with van der Waals surface area (Å²) >= 11 is 1.61. The molecular weight excluding hydrogens is 256 g/mol. The van der Waals surface area contributed by atoms with E-state index in [1.807, 2.05) is 22.2 Å². The smallest absolute Gasteiger partial charge is 0.193 e. The van der Waals surface area contributed by atoms with Crippen LogP contribution in [0.3, 0.4) is 0 Å². The molecule has 0 aliphatic heterocycles. The molecule has 4 heteroatoms. The molecule has 1 aliphatic carbocycles. The maximum Gasteiger partial charge on any atom is 0.193 e. The number of imidazole rings is 1. The third-order valence-corrected chi connectivity index (χ3v) is 5.15. The monoisotopic (exact) mass is 276 g/mol. The average Bonchev–Trinajstić information content (AvgIpc) is 2.99. The predicted molar refractivity (Wildman–Crippen MR) is 77.5 cm³/mol. The van der Waals surface area contributed by atoms with Crippen molar-refractivity contribution >= 4 is 22.1 Å². The number of hydrogen-bond acceptors (Lipinski definition) is 3. The molecule has 0 spiro atoms. The van der Waals surface area contributed by atoms with Crippen molar-refractivity contribution in [1.29, 1.82) is 0 Å². The van der Waals surface area contributed by atoms with Gasteiger partial charge in [0.1, 0.15) is 5.78 Å². The number of hydrogen-bond donors (Lipinski definition) is 0. The Morgan fingerprint density at radius 3 is 2.89 bits per heavy atom. The molecule has 0 amide bonds. The number of nitrogens with zero attached hydrogens (tertiary/aromatic N) is 2. The highest BCUT2D eigenvalue weighted by molar-refractivity contribution is 7.15. The van der Waals surface area contributed by atoms with E-state index in [1.54, 1.807) is 11.3 Å². The summed E-state index contributed by atoms with van der Waals surface area (Å²) in [5.74, 6) is 1.52. The molecule has 0 radical (unpaired) electrons. The molecule has 0 bridgehead atoms. The minimum atomic E-state index is 0.280. The lowest BCUT2D eigenvalue weighted by Crippen LogP contribution is -2.23. The van der Waals surface area contributed by atoms with Crippen LogP contribution in [0.5, 0.6) is 0 Å². The minimum Gasteiger partial charge on any atom is -0.299 e. The van der Waals surface area contributed by atoms with Gasteiger partial charge < -0.3 is 0 Å². The Morgan fingerprint density at radius 2 is 2.21 bits per heavy atom. The quantitative estimate of drug-likeness (QED) is 0.853. The van der Waals surface area contributed by atoms with Crippen LogP contribution in [0, 0.1) is 11.8 Å². The van der Waals surface area contributed by atoms with Gasteiger partial charge in [-0.1, -0.05) is 13.3 Å². The largest absolute Gasteiger partial charge is 0.299 e. The molecule has 19 heavy (non-hydrogen) atoms. The van der Waals surface area contributed by atoms with Crippen LogP contribution in [0.1, 0.15) is 44.7 Å². The van der Waals surface area contributed by atoms with Gasteiger partial charge in [-0.15, -0.1) is 11.3 Å². The van der Waals surface area contributed by atoms with Gasteiger partial charge in [0.25, 0.3) is 0 Å². The van der Waals surface area contributed by atoms with Crippen molar-refractivity contribution < 1.29 is 4.79 Å². The number of ketones is 1. The van der Waals surface area contributed by atoms with Gasteiger partial charge in [0.2, 0.25) is 0 Å². The van der Waals surface area contributed by atoms with E-state index in [-0.39, 0.29) is 5.92 Å². The fourth-order valence-corrected chi connectivity index (χ4v) is 3.80. The van der Waals surface area contributed by atoms with Gasteiger partial charge in [0, 0.05) is 23.7 Å². The lowest BCUT2D eigenvalue weighted by atomic mass is 9.78. The molecule has 102 valence electrons. The highest BCUT2D eigenvalue weighted by Gasteiger charge is 2.25. The number of aromatic nitrogens is 2. The zero-order chi connectivity index (χ0) is 13.2. The number of carbonyl (C=O) groups is 1. The summed E-state index contributed by atoms with van der Waals surface area (Å²) in [6.07, 6.45) is 10.4. The summed E-state index contributed by atoms with van der Waals surface area (Å²) in [5, 5.41) is 2.01. The molecule has 2 aromatic heterocycles. The van der Waals surface area contributed by atoms with Crippen LogP contribution < -0.4 is 0 Å². The Bertz CT molecular complexity index is 535. The van der Waals surface area contributed by atoms with E-state index in [1.165, 1.54) is 19.3 Å². The van der Waals surface area contributed by atoms with Crippen LogP contribution in [0.4, 0.5) is 0 Å². The van der Waals surface area contributed by atoms with E-state index in [4.69, 9.17) is 0 Å². The fraction of sp³-hybridized carbons (Fsp3) is 0.600. The zero-order valence-electron chi connectivity index (χ0n) is 11.3. The van der Waals surface area contributed by atoms with Gasteiger partial charge in [0.15, 0.2) is 4.96 Å². The van der Waals surface area contributed by atoms with E-state index >= 15 is 0 Å². The first-order chi connectivity index (χ1) is 9.26. The van der Waals surface area contributed by atoms with Gasteiger partial charge >= 0.3 is 0 Å². The van der Waals surface area contributed by atoms with E-state index in [2.05, 4.69) is 11.9 Å². The highest BCUT2D eigenvalue weighted by atomic mass is 32.1. The summed E-state index contributed by atoms with van der Waals surface area (Å²) < 4.78 is 2.00. The Labute approximate surface area is 117 Å². The van der Waals surface area contributed by atoms with Gasteiger partial charge in [-0.3, -0.25) is 9.20 Å². The molecule has 3 nitrogen and oxygen atoms in total. The summed E-state index contributed by atoms with van der Waals surface area (Å²) in [6.45, 7) is 2.25. The van der Waals surface area contributed by atoms with Crippen molar-refractivity contribution in [1.82, 2.24) is 9.38 Å².